The van der Waals surface area contributed by atoms with E-state index in [4.69, 9.17) is 0 Å². The molecule has 1 aliphatic heterocycles. The number of hydrogen-bond acceptors (Lipinski definition) is 3. The molecule has 4 saturated carbocycles. The topological polar surface area (TPSA) is 63.4 Å². The zero-order valence-electron chi connectivity index (χ0n) is 20.1. The Bertz CT molecular complexity index is 1050. The highest BCUT2D eigenvalue weighted by Crippen LogP contribution is 2.60. The SMILES string of the molecule is Cc1ccc(C)n1-c1c(C(=O)N2CCN(C(=O)C34CC5CC(CC(C5)C3)C4)CC2)cnn1C. The van der Waals surface area contributed by atoms with E-state index in [2.05, 4.69) is 26.7 Å². The van der Waals surface area contributed by atoms with Crippen LogP contribution < -0.4 is 0 Å². The molecule has 33 heavy (non-hydrogen) atoms. The summed E-state index contributed by atoms with van der Waals surface area (Å²) < 4.78 is 3.87. The van der Waals surface area contributed by atoms with E-state index in [9.17, 15) is 9.59 Å². The molecule has 176 valence electrons. The molecule has 0 N–H and O–H groups in total. The Balaban J connectivity index is 1.17. The van der Waals surface area contributed by atoms with Crippen molar-refractivity contribution in [2.24, 2.45) is 30.2 Å². The molecule has 7 nitrogen and oxygen atoms in total. The predicted molar refractivity (Wildman–Crippen MR) is 125 cm³/mol. The van der Waals surface area contributed by atoms with Gasteiger partial charge in [-0.1, -0.05) is 0 Å². The second-order valence-electron chi connectivity index (χ2n) is 11.2. The van der Waals surface area contributed by atoms with Gasteiger partial charge in [0.1, 0.15) is 11.4 Å². The molecule has 7 heteroatoms. The van der Waals surface area contributed by atoms with Crippen molar-refractivity contribution in [2.75, 3.05) is 26.2 Å². The molecule has 2 amide bonds. The first kappa shape index (κ1) is 21.0. The highest BCUT2D eigenvalue weighted by Gasteiger charge is 2.55. The number of carbonyl (C=O) groups is 2. The van der Waals surface area contributed by atoms with Gasteiger partial charge in [-0.25, -0.2) is 0 Å². The number of carbonyl (C=O) groups excluding carboxylic acids is 2. The molecule has 4 aliphatic carbocycles. The summed E-state index contributed by atoms with van der Waals surface area (Å²) in [6.07, 6.45) is 9.04. The fourth-order valence-electron chi connectivity index (χ4n) is 7.84. The van der Waals surface area contributed by atoms with Gasteiger partial charge in [0.15, 0.2) is 0 Å². The van der Waals surface area contributed by atoms with Gasteiger partial charge in [-0.2, -0.15) is 5.10 Å². The minimum absolute atomic E-state index is 0.00695. The lowest BCUT2D eigenvalue weighted by Gasteiger charge is -2.57. The summed E-state index contributed by atoms with van der Waals surface area (Å²) >= 11 is 0. The largest absolute Gasteiger partial charge is 0.339 e. The summed E-state index contributed by atoms with van der Waals surface area (Å²) in [7, 11) is 1.88. The molecule has 1 saturated heterocycles. The van der Waals surface area contributed by atoms with Crippen molar-refractivity contribution in [3.8, 4) is 5.82 Å². The van der Waals surface area contributed by atoms with Crippen molar-refractivity contribution in [2.45, 2.75) is 52.4 Å². The lowest BCUT2D eigenvalue weighted by molar-refractivity contribution is -0.159. The third kappa shape index (κ3) is 3.26. The Morgan fingerprint density at radius 2 is 1.39 bits per heavy atom. The van der Waals surface area contributed by atoms with Gasteiger partial charge >= 0.3 is 0 Å². The van der Waals surface area contributed by atoms with Crippen molar-refractivity contribution in [1.82, 2.24) is 24.1 Å². The van der Waals surface area contributed by atoms with Crippen molar-refractivity contribution in [3.05, 3.63) is 35.3 Å². The molecule has 0 unspecified atom stereocenters. The van der Waals surface area contributed by atoms with Crippen LogP contribution in [-0.2, 0) is 11.8 Å². The first-order chi connectivity index (χ1) is 15.8. The quantitative estimate of drug-likeness (QED) is 0.722. The number of nitrogens with zero attached hydrogens (tertiary/aromatic N) is 5. The Morgan fingerprint density at radius 3 is 1.94 bits per heavy atom. The smallest absolute Gasteiger partial charge is 0.259 e. The first-order valence-corrected chi connectivity index (χ1v) is 12.6. The van der Waals surface area contributed by atoms with Gasteiger partial charge in [0, 0.05) is 44.6 Å². The fourth-order valence-corrected chi connectivity index (χ4v) is 7.84. The van der Waals surface area contributed by atoms with Gasteiger partial charge in [0.2, 0.25) is 5.91 Å². The molecule has 0 atom stereocenters. The standard InChI is InChI=1S/C26H35N5O2/c1-17-4-5-18(2)31(17)23-22(16-27-28(23)3)24(32)29-6-8-30(9-7-29)25(33)26-13-19-10-20(14-26)12-21(11-19)15-26/h4-5,16,19-21H,6-15H2,1-3H3. The summed E-state index contributed by atoms with van der Waals surface area (Å²) in [5, 5.41) is 4.40. The maximum Gasteiger partial charge on any atom is 0.259 e. The van der Waals surface area contributed by atoms with E-state index in [-0.39, 0.29) is 11.3 Å². The lowest BCUT2D eigenvalue weighted by atomic mass is 9.49. The van der Waals surface area contributed by atoms with Gasteiger partial charge in [-0.15, -0.1) is 0 Å². The molecule has 0 spiro atoms. The third-order valence-electron chi connectivity index (χ3n) is 8.97. The average Bonchev–Trinajstić information content (AvgIpc) is 3.32. The molecular formula is C26H35N5O2. The molecule has 0 radical (unpaired) electrons. The van der Waals surface area contributed by atoms with Crippen LogP contribution >= 0.6 is 0 Å². The third-order valence-corrected chi connectivity index (χ3v) is 8.97. The molecular weight excluding hydrogens is 414 g/mol. The van der Waals surface area contributed by atoms with Crippen LogP contribution in [0.2, 0.25) is 0 Å². The van der Waals surface area contributed by atoms with Gasteiger partial charge in [-0.3, -0.25) is 14.3 Å². The van der Waals surface area contributed by atoms with Crippen LogP contribution in [0.3, 0.4) is 0 Å². The second kappa shape index (κ2) is 7.47. The molecule has 2 aromatic heterocycles. The van der Waals surface area contributed by atoms with Crippen LogP contribution in [0, 0.1) is 37.0 Å². The molecule has 7 rings (SSSR count). The van der Waals surface area contributed by atoms with Crippen LogP contribution in [-0.4, -0.2) is 62.1 Å². The minimum Gasteiger partial charge on any atom is -0.339 e. The molecule has 0 aromatic carbocycles. The van der Waals surface area contributed by atoms with Gasteiger partial charge in [-0.05, 0) is 82.3 Å². The van der Waals surface area contributed by atoms with Crippen molar-refractivity contribution in [1.29, 1.82) is 0 Å². The van der Waals surface area contributed by atoms with E-state index in [1.54, 1.807) is 10.9 Å². The summed E-state index contributed by atoms with van der Waals surface area (Å²) in [6.45, 7) is 6.56. The van der Waals surface area contributed by atoms with Gasteiger partial charge in [0.25, 0.3) is 5.91 Å². The molecule has 3 heterocycles. The maximum absolute atomic E-state index is 13.7. The lowest BCUT2D eigenvalue weighted by Crippen LogP contribution is -2.58. The average molecular weight is 450 g/mol. The number of hydrogen-bond donors (Lipinski definition) is 0. The van der Waals surface area contributed by atoms with E-state index in [1.165, 1.54) is 19.3 Å². The highest BCUT2D eigenvalue weighted by atomic mass is 16.2. The fraction of sp³-hybridized carbons (Fsp3) is 0.654. The molecule has 2 aromatic rings. The Kier molecular flexibility index (Phi) is 4.75. The zero-order valence-corrected chi connectivity index (χ0v) is 20.1. The summed E-state index contributed by atoms with van der Waals surface area (Å²) in [4.78, 5) is 31.2. The number of rotatable bonds is 3. The van der Waals surface area contributed by atoms with E-state index in [0.29, 0.717) is 37.6 Å². The van der Waals surface area contributed by atoms with E-state index >= 15 is 0 Å². The number of aromatic nitrogens is 3. The van der Waals surface area contributed by atoms with Crippen molar-refractivity contribution < 1.29 is 9.59 Å². The summed E-state index contributed by atoms with van der Waals surface area (Å²) in [5.41, 5.74) is 2.69. The van der Waals surface area contributed by atoms with Crippen LogP contribution in [0.15, 0.2) is 18.3 Å². The number of amides is 2. The normalized spacial score (nSPS) is 30.8. The molecule has 5 aliphatic rings. The maximum atomic E-state index is 13.7. The Labute approximate surface area is 195 Å². The predicted octanol–water partition coefficient (Wildman–Crippen LogP) is 3.33. The zero-order chi connectivity index (χ0) is 22.9. The van der Waals surface area contributed by atoms with Crippen molar-refractivity contribution >= 4 is 11.8 Å². The summed E-state index contributed by atoms with van der Waals surface area (Å²) in [5.74, 6) is 3.52. The van der Waals surface area contributed by atoms with Crippen LogP contribution in [0.25, 0.3) is 5.82 Å². The highest BCUT2D eigenvalue weighted by molar-refractivity contribution is 5.97. The van der Waals surface area contributed by atoms with Crippen LogP contribution in [0.4, 0.5) is 0 Å². The molecule has 4 bridgehead atoms. The number of aryl methyl sites for hydroxylation is 3. The van der Waals surface area contributed by atoms with Crippen molar-refractivity contribution in [3.63, 3.8) is 0 Å². The van der Waals surface area contributed by atoms with E-state index < -0.39 is 0 Å². The number of piperazine rings is 1. The monoisotopic (exact) mass is 449 g/mol. The van der Waals surface area contributed by atoms with E-state index in [0.717, 1.165) is 54.2 Å². The summed E-state index contributed by atoms with van der Waals surface area (Å²) in [6, 6.07) is 4.12. The van der Waals surface area contributed by atoms with Crippen LogP contribution in [0.5, 0.6) is 0 Å². The molecule has 5 fully saturated rings. The van der Waals surface area contributed by atoms with Gasteiger partial charge < -0.3 is 14.4 Å². The van der Waals surface area contributed by atoms with E-state index in [1.807, 2.05) is 25.8 Å². The second-order valence-corrected chi connectivity index (χ2v) is 11.2. The van der Waals surface area contributed by atoms with Gasteiger partial charge in [0.05, 0.1) is 11.6 Å². The Hall–Kier alpha value is -2.57. The Morgan fingerprint density at radius 1 is 0.879 bits per heavy atom. The minimum atomic E-state index is -0.0963. The van der Waals surface area contributed by atoms with Crippen LogP contribution in [0.1, 0.15) is 60.3 Å². The first-order valence-electron chi connectivity index (χ1n) is 12.6.